The minimum atomic E-state index is -0.836. The average Bonchev–Trinajstić information content (AvgIpc) is 3.19. The van der Waals surface area contributed by atoms with E-state index in [-0.39, 0.29) is 0 Å². The van der Waals surface area contributed by atoms with Crippen LogP contribution in [0.1, 0.15) is 17.4 Å². The molecule has 2 aliphatic rings. The lowest BCUT2D eigenvalue weighted by molar-refractivity contribution is -0.682. The third-order valence-electron chi connectivity index (χ3n) is 5.34. The van der Waals surface area contributed by atoms with E-state index in [2.05, 4.69) is 4.99 Å². The van der Waals surface area contributed by atoms with Gasteiger partial charge >= 0.3 is 12.0 Å². The van der Waals surface area contributed by atoms with Gasteiger partial charge in [-0.1, -0.05) is 11.1 Å². The molecule has 0 bridgehead atoms. The molecule has 2 aromatic rings. The minimum Gasteiger partial charge on any atom is -0.497 e. The summed E-state index contributed by atoms with van der Waals surface area (Å²) in [6, 6.07) is 6.02. The molecule has 0 aliphatic carbocycles. The van der Waals surface area contributed by atoms with Gasteiger partial charge in [-0.15, -0.1) is 0 Å². The van der Waals surface area contributed by atoms with Crippen molar-refractivity contribution in [2.75, 3.05) is 20.7 Å². The van der Waals surface area contributed by atoms with Crippen LogP contribution in [0.3, 0.4) is 0 Å². The van der Waals surface area contributed by atoms with Gasteiger partial charge in [0.15, 0.2) is 0 Å². The number of nitrogens with zero attached hydrogens (tertiary/aromatic N) is 5. The summed E-state index contributed by atoms with van der Waals surface area (Å²) in [5.74, 6) is 0.231. The van der Waals surface area contributed by atoms with Crippen molar-refractivity contribution in [2.24, 2.45) is 10.7 Å². The molecule has 1 atom stereocenters. The molecule has 1 unspecified atom stereocenters. The lowest BCUT2D eigenvalue weighted by Crippen LogP contribution is -2.64. The number of carbonyl (C=O) groups is 3. The summed E-state index contributed by atoms with van der Waals surface area (Å²) in [4.78, 5) is 43.9. The fourth-order valence-electron chi connectivity index (χ4n) is 3.80. The number of aliphatic imine (C=N–C) groups is 1. The number of nitrogens with two attached hydrogens (primary N) is 1. The number of ether oxygens (including phenoxy) is 1. The Bertz CT molecular complexity index is 1100. The van der Waals surface area contributed by atoms with E-state index in [1.54, 1.807) is 11.7 Å². The summed E-state index contributed by atoms with van der Waals surface area (Å²) < 4.78 is 9.01. The van der Waals surface area contributed by atoms with Crippen molar-refractivity contribution in [3.05, 3.63) is 35.7 Å². The Balaban J connectivity index is 1.89. The van der Waals surface area contributed by atoms with Crippen LogP contribution in [0.25, 0.3) is 5.69 Å². The molecule has 29 heavy (non-hydrogen) atoms. The first-order chi connectivity index (χ1) is 13.8. The molecule has 0 spiro atoms. The zero-order valence-electron chi connectivity index (χ0n) is 16.5. The molecule has 4 rings (SSSR count). The Kier molecular flexibility index (Phi) is 4.14. The Morgan fingerprint density at radius 1 is 1.31 bits per heavy atom. The van der Waals surface area contributed by atoms with Gasteiger partial charge in [-0.05, 0) is 26.0 Å². The average molecular weight is 397 g/mol. The minimum absolute atomic E-state index is 0.315. The maximum absolute atomic E-state index is 13.1. The smallest absolute Gasteiger partial charge is 0.407 e. The van der Waals surface area contributed by atoms with Gasteiger partial charge in [0.05, 0.1) is 7.11 Å². The lowest BCUT2D eigenvalue weighted by Gasteiger charge is -2.32. The van der Waals surface area contributed by atoms with Crippen LogP contribution >= 0.6 is 0 Å². The van der Waals surface area contributed by atoms with E-state index >= 15 is 0 Å². The van der Waals surface area contributed by atoms with E-state index in [0.717, 1.165) is 22.0 Å². The van der Waals surface area contributed by atoms with Crippen molar-refractivity contribution in [3.8, 4) is 11.4 Å². The summed E-state index contributed by atoms with van der Waals surface area (Å²) in [5.41, 5.74) is 7.76. The SMILES string of the molecule is COc1cccc(-n2c(C)c(C)[n+]3c2N=C2C3C(=O)N(CC(N)=O)C(=O)N2C)c1. The summed E-state index contributed by atoms with van der Waals surface area (Å²) in [6.45, 7) is 3.34. The molecule has 0 saturated carbocycles. The number of rotatable bonds is 4. The molecule has 4 amide bonds. The van der Waals surface area contributed by atoms with Crippen LogP contribution in [-0.4, -0.2) is 58.8 Å². The number of benzene rings is 1. The summed E-state index contributed by atoms with van der Waals surface area (Å²) in [7, 11) is 3.12. The van der Waals surface area contributed by atoms with Crippen LogP contribution in [-0.2, 0) is 9.59 Å². The van der Waals surface area contributed by atoms with Gasteiger partial charge < -0.3 is 10.5 Å². The van der Waals surface area contributed by atoms with Gasteiger partial charge in [0.1, 0.15) is 29.4 Å². The number of methoxy groups -OCH3 is 1. The van der Waals surface area contributed by atoms with Crippen molar-refractivity contribution >= 4 is 29.6 Å². The zero-order valence-corrected chi connectivity index (χ0v) is 16.5. The van der Waals surface area contributed by atoms with Crippen LogP contribution in [0, 0.1) is 13.8 Å². The molecule has 2 aliphatic heterocycles. The Labute approximate surface area is 166 Å². The van der Waals surface area contributed by atoms with E-state index in [9.17, 15) is 14.4 Å². The Morgan fingerprint density at radius 2 is 2.03 bits per heavy atom. The number of hydrogen-bond donors (Lipinski definition) is 1. The predicted molar refractivity (Wildman–Crippen MR) is 102 cm³/mol. The van der Waals surface area contributed by atoms with Gasteiger partial charge in [-0.25, -0.2) is 9.36 Å². The number of aromatic nitrogens is 2. The molecular formula is C19H21N6O4+. The second-order valence-electron chi connectivity index (χ2n) is 6.98. The molecule has 150 valence electrons. The quantitative estimate of drug-likeness (QED) is 0.750. The normalized spacial score (nSPS) is 17.9. The molecule has 1 saturated heterocycles. The van der Waals surface area contributed by atoms with E-state index in [4.69, 9.17) is 10.5 Å². The molecule has 10 nitrogen and oxygen atoms in total. The standard InChI is InChI=1S/C19H20N6O4/c1-10-11(2)25-15-16(22(3)19(28)23(17(15)27)9-14(20)26)21-18(25)24(10)12-6-5-7-13(8-12)29-4/h5-8,15H,9H2,1-4H3,(H-,20,26)/p+1. The van der Waals surface area contributed by atoms with Gasteiger partial charge in [0, 0.05) is 13.1 Å². The van der Waals surface area contributed by atoms with Crippen LogP contribution in [0.2, 0.25) is 0 Å². The second kappa shape index (κ2) is 6.43. The number of amidine groups is 1. The fraction of sp³-hybridized carbons (Fsp3) is 0.316. The summed E-state index contributed by atoms with van der Waals surface area (Å²) in [6.07, 6.45) is 0. The van der Waals surface area contributed by atoms with E-state index in [0.29, 0.717) is 17.5 Å². The molecule has 10 heteroatoms. The molecule has 1 fully saturated rings. The number of imidazole rings is 1. The van der Waals surface area contributed by atoms with Crippen LogP contribution in [0.15, 0.2) is 29.3 Å². The number of hydrogen-bond acceptors (Lipinski definition) is 5. The predicted octanol–water partition coefficient (Wildman–Crippen LogP) is 0.354. The maximum Gasteiger partial charge on any atom is 0.407 e. The van der Waals surface area contributed by atoms with Gasteiger partial charge in [-0.3, -0.25) is 19.4 Å². The number of fused-ring (bicyclic) bond motifs is 3. The Morgan fingerprint density at radius 3 is 2.69 bits per heavy atom. The molecule has 1 aromatic carbocycles. The molecule has 2 N–H and O–H groups in total. The van der Waals surface area contributed by atoms with Crippen molar-refractivity contribution < 1.29 is 23.7 Å². The first kappa shape index (κ1) is 18.7. The molecule has 0 radical (unpaired) electrons. The van der Waals surface area contributed by atoms with Crippen molar-refractivity contribution in [1.82, 2.24) is 14.4 Å². The van der Waals surface area contributed by atoms with Crippen LogP contribution in [0.4, 0.5) is 10.7 Å². The number of urea groups is 1. The van der Waals surface area contributed by atoms with E-state index in [1.165, 1.54) is 11.9 Å². The molecular weight excluding hydrogens is 376 g/mol. The first-order valence-electron chi connectivity index (χ1n) is 9.00. The fourth-order valence-corrected chi connectivity index (χ4v) is 3.80. The first-order valence-corrected chi connectivity index (χ1v) is 9.00. The second-order valence-corrected chi connectivity index (χ2v) is 6.98. The van der Waals surface area contributed by atoms with E-state index < -0.39 is 30.4 Å². The number of likely N-dealkylation sites (N-methyl/N-ethyl adjacent to an activating group) is 1. The maximum atomic E-state index is 13.1. The highest BCUT2D eigenvalue weighted by Gasteiger charge is 2.54. The molecule has 3 heterocycles. The van der Waals surface area contributed by atoms with Crippen molar-refractivity contribution in [1.29, 1.82) is 0 Å². The summed E-state index contributed by atoms with van der Waals surface area (Å²) in [5, 5.41) is 0. The number of carbonyl (C=O) groups excluding carboxylic acids is 3. The topological polar surface area (TPSA) is 114 Å². The van der Waals surface area contributed by atoms with Crippen molar-refractivity contribution in [2.45, 2.75) is 19.9 Å². The van der Waals surface area contributed by atoms with Gasteiger partial charge in [-0.2, -0.15) is 4.57 Å². The zero-order chi connectivity index (χ0) is 21.0. The third kappa shape index (κ3) is 2.59. The summed E-state index contributed by atoms with van der Waals surface area (Å²) >= 11 is 0. The highest BCUT2D eigenvalue weighted by atomic mass is 16.5. The number of primary amides is 1. The van der Waals surface area contributed by atoms with E-state index in [1.807, 2.05) is 42.7 Å². The van der Waals surface area contributed by atoms with Crippen LogP contribution < -0.4 is 15.0 Å². The van der Waals surface area contributed by atoms with Crippen LogP contribution in [0.5, 0.6) is 5.75 Å². The number of amides is 4. The highest BCUT2D eigenvalue weighted by molar-refractivity contribution is 6.19. The number of imide groups is 1. The lowest BCUT2D eigenvalue weighted by atomic mass is 10.1. The third-order valence-corrected chi connectivity index (χ3v) is 5.34. The van der Waals surface area contributed by atoms with Crippen molar-refractivity contribution in [3.63, 3.8) is 0 Å². The highest BCUT2D eigenvalue weighted by Crippen LogP contribution is 2.33. The van der Waals surface area contributed by atoms with Gasteiger partial charge in [0.25, 0.3) is 5.91 Å². The Hall–Kier alpha value is -3.69. The monoisotopic (exact) mass is 397 g/mol. The molecule has 1 aromatic heterocycles. The largest absolute Gasteiger partial charge is 0.497 e. The van der Waals surface area contributed by atoms with Gasteiger partial charge in [0.2, 0.25) is 17.8 Å².